The highest BCUT2D eigenvalue weighted by Gasteiger charge is 2.09. The van der Waals surface area contributed by atoms with Crippen molar-refractivity contribution in [1.82, 2.24) is 4.98 Å². The Morgan fingerprint density at radius 1 is 1.31 bits per heavy atom. The van der Waals surface area contributed by atoms with E-state index in [1.807, 2.05) is 0 Å². The Balaban J connectivity index is 2.88. The third-order valence-electron chi connectivity index (χ3n) is 2.49. The van der Waals surface area contributed by atoms with Gasteiger partial charge in [0.05, 0.1) is 7.11 Å². The monoisotopic (exact) mass is 217 g/mol. The lowest BCUT2D eigenvalue weighted by molar-refractivity contribution is 0.101. The average molecular weight is 217 g/mol. The highest BCUT2D eigenvalue weighted by Crippen LogP contribution is 2.21. The van der Waals surface area contributed by atoms with Gasteiger partial charge in [-0.2, -0.15) is 0 Å². The second-order valence-corrected chi connectivity index (χ2v) is 3.50. The van der Waals surface area contributed by atoms with E-state index in [0.717, 1.165) is 0 Å². The topological polar surface area (TPSA) is 59.2 Å². The molecule has 0 saturated carbocycles. The quantitative estimate of drug-likeness (QED) is 0.779. The second kappa shape index (κ2) is 3.81. The third kappa shape index (κ3) is 1.58. The highest BCUT2D eigenvalue weighted by atomic mass is 16.5. The first-order valence-corrected chi connectivity index (χ1v) is 4.84. The van der Waals surface area contributed by atoms with E-state index in [1.165, 1.54) is 13.1 Å². The van der Waals surface area contributed by atoms with Gasteiger partial charge in [0.25, 0.3) is 5.56 Å². The number of Topliss-reactive ketones (excluding diaryl/α,β-unsaturated/α-hetero) is 1. The SMILES string of the molecule is COc1ccc2c(=O)[nH]cc(C(C)=O)c2c1. The molecule has 1 aromatic heterocycles. The Labute approximate surface area is 91.9 Å². The minimum absolute atomic E-state index is 0.0884. The van der Waals surface area contributed by atoms with Crippen molar-refractivity contribution in [1.29, 1.82) is 0 Å². The van der Waals surface area contributed by atoms with Gasteiger partial charge in [-0.3, -0.25) is 9.59 Å². The second-order valence-electron chi connectivity index (χ2n) is 3.50. The van der Waals surface area contributed by atoms with Crippen molar-refractivity contribution in [3.63, 3.8) is 0 Å². The maximum absolute atomic E-state index is 11.5. The van der Waals surface area contributed by atoms with Crippen LogP contribution in [-0.2, 0) is 0 Å². The Morgan fingerprint density at radius 2 is 2.06 bits per heavy atom. The summed E-state index contributed by atoms with van der Waals surface area (Å²) in [4.78, 5) is 25.5. The Hall–Kier alpha value is -2.10. The molecule has 1 heterocycles. The lowest BCUT2D eigenvalue weighted by atomic mass is 10.1. The van der Waals surface area contributed by atoms with Gasteiger partial charge in [-0.25, -0.2) is 0 Å². The fraction of sp³-hybridized carbons (Fsp3) is 0.167. The molecule has 0 aliphatic heterocycles. The highest BCUT2D eigenvalue weighted by molar-refractivity contribution is 6.06. The molecule has 0 aliphatic rings. The maximum Gasteiger partial charge on any atom is 0.255 e. The molecular formula is C12H11NO3. The molecule has 0 spiro atoms. The van der Waals surface area contributed by atoms with Gasteiger partial charge in [0.15, 0.2) is 5.78 Å². The van der Waals surface area contributed by atoms with Crippen LogP contribution in [0.25, 0.3) is 10.8 Å². The van der Waals surface area contributed by atoms with Crippen LogP contribution >= 0.6 is 0 Å². The molecule has 2 rings (SSSR count). The van der Waals surface area contributed by atoms with Gasteiger partial charge in [-0.05, 0) is 25.1 Å². The zero-order valence-electron chi connectivity index (χ0n) is 9.03. The third-order valence-corrected chi connectivity index (χ3v) is 2.49. The summed E-state index contributed by atoms with van der Waals surface area (Å²) in [6, 6.07) is 5.04. The Morgan fingerprint density at radius 3 is 2.69 bits per heavy atom. The van der Waals surface area contributed by atoms with Crippen LogP contribution in [0.2, 0.25) is 0 Å². The number of ketones is 1. The van der Waals surface area contributed by atoms with Crippen LogP contribution in [0, 0.1) is 0 Å². The van der Waals surface area contributed by atoms with Crippen molar-refractivity contribution in [3.8, 4) is 5.75 Å². The summed E-state index contributed by atoms with van der Waals surface area (Å²) in [5.41, 5.74) is 0.288. The van der Waals surface area contributed by atoms with Gasteiger partial charge in [0.2, 0.25) is 0 Å². The molecule has 0 radical (unpaired) electrons. The van der Waals surface area contributed by atoms with E-state index in [-0.39, 0.29) is 11.3 Å². The van der Waals surface area contributed by atoms with Crippen molar-refractivity contribution >= 4 is 16.6 Å². The molecule has 16 heavy (non-hydrogen) atoms. The molecule has 0 fully saturated rings. The Kier molecular flexibility index (Phi) is 2.48. The number of carbonyl (C=O) groups is 1. The zero-order valence-corrected chi connectivity index (χ0v) is 9.03. The summed E-state index contributed by atoms with van der Waals surface area (Å²) in [6.45, 7) is 1.46. The number of rotatable bonds is 2. The number of ether oxygens (including phenoxy) is 1. The number of fused-ring (bicyclic) bond motifs is 1. The van der Waals surface area contributed by atoms with Crippen LogP contribution in [0.5, 0.6) is 5.75 Å². The van der Waals surface area contributed by atoms with E-state index in [9.17, 15) is 9.59 Å². The van der Waals surface area contributed by atoms with Crippen LogP contribution in [0.4, 0.5) is 0 Å². The van der Waals surface area contributed by atoms with Gasteiger partial charge in [0.1, 0.15) is 5.75 Å². The molecule has 0 saturated heterocycles. The number of aromatic amines is 1. The van der Waals surface area contributed by atoms with Crippen molar-refractivity contribution in [2.75, 3.05) is 7.11 Å². The number of H-pyrrole nitrogens is 1. The molecule has 0 atom stereocenters. The van der Waals surface area contributed by atoms with Crippen LogP contribution in [-0.4, -0.2) is 17.9 Å². The number of nitrogens with one attached hydrogen (secondary N) is 1. The average Bonchev–Trinajstić information content (AvgIpc) is 2.28. The van der Waals surface area contributed by atoms with E-state index in [1.54, 1.807) is 25.3 Å². The summed E-state index contributed by atoms with van der Waals surface area (Å²) in [7, 11) is 1.54. The van der Waals surface area contributed by atoms with E-state index in [2.05, 4.69) is 4.98 Å². The van der Waals surface area contributed by atoms with E-state index < -0.39 is 0 Å². The number of aromatic nitrogens is 1. The molecule has 4 nitrogen and oxygen atoms in total. The summed E-state index contributed by atoms with van der Waals surface area (Å²) >= 11 is 0. The lowest BCUT2D eigenvalue weighted by Gasteiger charge is -2.05. The van der Waals surface area contributed by atoms with Gasteiger partial charge in [-0.15, -0.1) is 0 Å². The van der Waals surface area contributed by atoms with Gasteiger partial charge in [0, 0.05) is 22.5 Å². The van der Waals surface area contributed by atoms with E-state index >= 15 is 0 Å². The molecular weight excluding hydrogens is 206 g/mol. The number of pyridine rings is 1. The van der Waals surface area contributed by atoms with Crippen molar-refractivity contribution < 1.29 is 9.53 Å². The number of hydrogen-bond donors (Lipinski definition) is 1. The molecule has 1 aromatic carbocycles. The normalized spacial score (nSPS) is 10.4. The predicted molar refractivity (Wildman–Crippen MR) is 61.1 cm³/mol. The maximum atomic E-state index is 11.5. The van der Waals surface area contributed by atoms with Gasteiger partial charge in [-0.1, -0.05) is 0 Å². The number of hydrogen-bond acceptors (Lipinski definition) is 3. The molecule has 0 bridgehead atoms. The summed E-state index contributed by atoms with van der Waals surface area (Å²) in [5, 5.41) is 1.11. The minimum atomic E-state index is -0.206. The standard InChI is InChI=1S/C12H11NO3/c1-7(14)11-6-13-12(15)9-4-3-8(16-2)5-10(9)11/h3-6H,1-2H3,(H,13,15). The lowest BCUT2D eigenvalue weighted by Crippen LogP contribution is -2.09. The first kappa shape index (κ1) is 10.4. The van der Waals surface area contributed by atoms with Crippen LogP contribution < -0.4 is 10.3 Å². The minimum Gasteiger partial charge on any atom is -0.497 e. The fourth-order valence-corrected chi connectivity index (χ4v) is 1.66. The van der Waals surface area contributed by atoms with Gasteiger partial charge < -0.3 is 9.72 Å². The smallest absolute Gasteiger partial charge is 0.255 e. The molecule has 0 aliphatic carbocycles. The number of carbonyl (C=O) groups excluding carboxylic acids is 1. The fourth-order valence-electron chi connectivity index (χ4n) is 1.66. The predicted octanol–water partition coefficient (Wildman–Crippen LogP) is 1.74. The van der Waals surface area contributed by atoms with Crippen LogP contribution in [0.15, 0.2) is 29.2 Å². The summed E-state index contributed by atoms with van der Waals surface area (Å²) in [6.07, 6.45) is 1.44. The van der Waals surface area contributed by atoms with Gasteiger partial charge >= 0.3 is 0 Å². The molecule has 1 N–H and O–H groups in total. The molecule has 82 valence electrons. The molecule has 2 aromatic rings. The van der Waals surface area contributed by atoms with Crippen LogP contribution in [0.1, 0.15) is 17.3 Å². The van der Waals surface area contributed by atoms with Crippen molar-refractivity contribution in [2.24, 2.45) is 0 Å². The largest absolute Gasteiger partial charge is 0.497 e. The van der Waals surface area contributed by atoms with E-state index in [0.29, 0.717) is 22.1 Å². The van der Waals surface area contributed by atoms with Crippen LogP contribution in [0.3, 0.4) is 0 Å². The van der Waals surface area contributed by atoms with Crippen molar-refractivity contribution in [3.05, 3.63) is 40.3 Å². The number of methoxy groups -OCH3 is 1. The van der Waals surface area contributed by atoms with Crippen molar-refractivity contribution in [2.45, 2.75) is 6.92 Å². The summed E-state index contributed by atoms with van der Waals surface area (Å²) < 4.78 is 5.07. The first-order valence-electron chi connectivity index (χ1n) is 4.84. The first-order chi connectivity index (χ1) is 7.63. The molecule has 4 heteroatoms. The Bertz CT molecular complexity index is 613. The van der Waals surface area contributed by atoms with E-state index in [4.69, 9.17) is 4.74 Å². The zero-order chi connectivity index (χ0) is 11.7. The molecule has 0 amide bonds. The number of benzene rings is 1. The molecule has 0 unspecified atom stereocenters. The summed E-state index contributed by atoms with van der Waals surface area (Å²) in [5.74, 6) is 0.537.